The smallest absolute Gasteiger partial charge is 0.195 e. The molecule has 2 nitrogen and oxygen atoms in total. The number of nitrogens with zero attached hydrogens (tertiary/aromatic N) is 2. The fraction of sp³-hybridized carbons (Fsp3) is 0.0938. The highest BCUT2D eigenvalue weighted by Crippen LogP contribution is 2.50. The third kappa shape index (κ3) is 2.51. The van der Waals surface area contributed by atoms with E-state index in [0.29, 0.717) is 0 Å². The van der Waals surface area contributed by atoms with Crippen molar-refractivity contribution in [3.8, 4) is 16.3 Å². The number of thiazole rings is 1. The lowest BCUT2D eigenvalue weighted by atomic mass is 9.82. The number of benzene rings is 5. The van der Waals surface area contributed by atoms with Crippen LogP contribution in [0.5, 0.6) is 0 Å². The normalized spacial score (nSPS) is 14.2. The molecule has 0 atom stereocenters. The zero-order chi connectivity index (χ0) is 23.3. The molecule has 0 radical (unpaired) electrons. The van der Waals surface area contributed by atoms with E-state index in [0.717, 1.165) is 10.6 Å². The molecule has 1 aliphatic carbocycles. The summed E-state index contributed by atoms with van der Waals surface area (Å²) in [5, 5.41) is 6.13. The van der Waals surface area contributed by atoms with Crippen molar-refractivity contribution in [3.63, 3.8) is 0 Å². The maximum absolute atomic E-state index is 5.03. The van der Waals surface area contributed by atoms with Gasteiger partial charge in [0.05, 0.1) is 21.3 Å². The summed E-state index contributed by atoms with van der Waals surface area (Å²) in [6.45, 7) is 4.69. The fourth-order valence-electron chi connectivity index (χ4n) is 6.07. The third-order valence-electron chi connectivity index (χ3n) is 7.81. The van der Waals surface area contributed by atoms with Crippen molar-refractivity contribution >= 4 is 54.1 Å². The van der Waals surface area contributed by atoms with Gasteiger partial charge in [-0.15, -0.1) is 0 Å². The number of hydrogen-bond donors (Lipinski definition) is 0. The van der Waals surface area contributed by atoms with Crippen LogP contribution in [0.2, 0.25) is 0 Å². The van der Waals surface area contributed by atoms with Crippen molar-refractivity contribution < 1.29 is 0 Å². The minimum absolute atomic E-state index is 0.00515. The van der Waals surface area contributed by atoms with Crippen LogP contribution in [-0.2, 0) is 5.41 Å². The average molecular weight is 467 g/mol. The summed E-state index contributed by atoms with van der Waals surface area (Å²) in [5.74, 6) is 0. The second-order valence-electron chi connectivity index (χ2n) is 10.1. The van der Waals surface area contributed by atoms with Gasteiger partial charge in [-0.3, -0.25) is 4.57 Å². The molecule has 0 fully saturated rings. The van der Waals surface area contributed by atoms with Crippen molar-refractivity contribution in [2.24, 2.45) is 0 Å². The highest BCUT2D eigenvalue weighted by molar-refractivity contribution is 7.20. The molecule has 5 aromatic carbocycles. The second kappa shape index (κ2) is 6.59. The van der Waals surface area contributed by atoms with Gasteiger partial charge < -0.3 is 0 Å². The minimum atomic E-state index is -0.00515. The Kier molecular flexibility index (Phi) is 3.64. The van der Waals surface area contributed by atoms with Gasteiger partial charge in [0.15, 0.2) is 5.13 Å². The lowest BCUT2D eigenvalue weighted by molar-refractivity contribution is 0.661. The topological polar surface area (TPSA) is 17.8 Å². The molecule has 3 heteroatoms. The molecule has 0 saturated heterocycles. The average Bonchev–Trinajstić information content (AvgIpc) is 3.51. The predicted octanol–water partition coefficient (Wildman–Crippen LogP) is 8.85. The zero-order valence-electron chi connectivity index (χ0n) is 19.5. The SMILES string of the molecule is CC1(C)c2ccccc2-c2cc3cc4c5ccccc5n(-c5nc6ccccc6s5)c4cc3cc21. The van der Waals surface area contributed by atoms with Crippen LogP contribution in [0.25, 0.3) is 59.1 Å². The van der Waals surface area contributed by atoms with E-state index < -0.39 is 0 Å². The number of para-hydroxylation sites is 2. The van der Waals surface area contributed by atoms with Crippen LogP contribution in [0.1, 0.15) is 25.0 Å². The van der Waals surface area contributed by atoms with E-state index in [1.54, 1.807) is 11.3 Å². The van der Waals surface area contributed by atoms with Crippen molar-refractivity contribution in [1.82, 2.24) is 9.55 Å². The summed E-state index contributed by atoms with van der Waals surface area (Å²) < 4.78 is 3.56. The Morgan fingerprint density at radius 3 is 2.34 bits per heavy atom. The Hall–Kier alpha value is -3.95. The largest absolute Gasteiger partial charge is 0.285 e. The highest BCUT2D eigenvalue weighted by Gasteiger charge is 2.35. The lowest BCUT2D eigenvalue weighted by Gasteiger charge is -2.21. The van der Waals surface area contributed by atoms with E-state index in [2.05, 4.69) is 115 Å². The first kappa shape index (κ1) is 19.4. The van der Waals surface area contributed by atoms with Gasteiger partial charge in [0.2, 0.25) is 0 Å². The molecule has 0 unspecified atom stereocenters. The molecule has 35 heavy (non-hydrogen) atoms. The third-order valence-corrected chi connectivity index (χ3v) is 8.83. The summed E-state index contributed by atoms with van der Waals surface area (Å²) in [4.78, 5) is 5.03. The van der Waals surface area contributed by atoms with Gasteiger partial charge in [0.1, 0.15) is 0 Å². The maximum atomic E-state index is 5.03. The fourth-order valence-corrected chi connectivity index (χ4v) is 7.07. The molecule has 166 valence electrons. The van der Waals surface area contributed by atoms with Gasteiger partial charge in [0.25, 0.3) is 0 Å². The van der Waals surface area contributed by atoms with E-state index >= 15 is 0 Å². The molecule has 0 bridgehead atoms. The Balaban J connectivity index is 1.48. The van der Waals surface area contributed by atoms with Gasteiger partial charge in [-0.05, 0) is 75.5 Å². The van der Waals surface area contributed by atoms with E-state index in [-0.39, 0.29) is 5.41 Å². The molecule has 2 heterocycles. The first-order valence-corrected chi connectivity index (χ1v) is 12.9. The van der Waals surface area contributed by atoms with E-state index in [9.17, 15) is 0 Å². The highest BCUT2D eigenvalue weighted by atomic mass is 32.1. The molecule has 1 aliphatic rings. The van der Waals surface area contributed by atoms with E-state index in [1.807, 2.05) is 0 Å². The minimum Gasteiger partial charge on any atom is -0.285 e. The van der Waals surface area contributed by atoms with Crippen LogP contribution in [-0.4, -0.2) is 9.55 Å². The number of rotatable bonds is 1. The van der Waals surface area contributed by atoms with Crippen LogP contribution >= 0.6 is 11.3 Å². The number of fused-ring (bicyclic) bond motifs is 8. The first-order chi connectivity index (χ1) is 17.1. The Labute approximate surface area is 207 Å². The molecule has 0 amide bonds. The summed E-state index contributed by atoms with van der Waals surface area (Å²) in [6.07, 6.45) is 0. The van der Waals surface area contributed by atoms with Crippen LogP contribution in [0.3, 0.4) is 0 Å². The summed E-state index contributed by atoms with van der Waals surface area (Å²) in [6, 6.07) is 35.6. The number of aromatic nitrogens is 2. The lowest BCUT2D eigenvalue weighted by Crippen LogP contribution is -2.14. The molecule has 2 aromatic heterocycles. The van der Waals surface area contributed by atoms with Crippen LogP contribution in [0.4, 0.5) is 0 Å². The quantitative estimate of drug-likeness (QED) is 0.236. The predicted molar refractivity (Wildman–Crippen MR) is 149 cm³/mol. The summed E-state index contributed by atoms with van der Waals surface area (Å²) in [7, 11) is 0. The molecular formula is C32H22N2S. The summed E-state index contributed by atoms with van der Waals surface area (Å²) >= 11 is 1.75. The van der Waals surface area contributed by atoms with E-state index in [4.69, 9.17) is 4.98 Å². The maximum Gasteiger partial charge on any atom is 0.195 e. The molecule has 0 aliphatic heterocycles. The molecule has 8 rings (SSSR count). The molecular weight excluding hydrogens is 444 g/mol. The number of hydrogen-bond acceptors (Lipinski definition) is 2. The van der Waals surface area contributed by atoms with Crippen molar-refractivity contribution in [3.05, 3.63) is 108 Å². The van der Waals surface area contributed by atoms with Gasteiger partial charge in [-0.1, -0.05) is 79.8 Å². The molecule has 0 N–H and O–H groups in total. The molecule has 0 spiro atoms. The molecule has 7 aromatic rings. The van der Waals surface area contributed by atoms with Crippen molar-refractivity contribution in [1.29, 1.82) is 0 Å². The standard InChI is InChI=1S/C32H22N2S/c1-32(2)25-11-5-3-9-21(25)23-15-19-16-24-22-10-4-7-13-28(22)34(29(24)18-20(19)17-26(23)32)31-33-27-12-6-8-14-30(27)35-31/h3-18H,1-2H3. The van der Waals surface area contributed by atoms with E-state index in [1.165, 1.54) is 59.5 Å². The van der Waals surface area contributed by atoms with Crippen LogP contribution in [0, 0.1) is 0 Å². The van der Waals surface area contributed by atoms with Crippen LogP contribution in [0.15, 0.2) is 97.1 Å². The Morgan fingerprint density at radius 1 is 0.657 bits per heavy atom. The summed E-state index contributed by atoms with van der Waals surface area (Å²) in [5.41, 5.74) is 9.03. The molecule has 0 saturated carbocycles. The van der Waals surface area contributed by atoms with Gasteiger partial charge >= 0.3 is 0 Å². The zero-order valence-corrected chi connectivity index (χ0v) is 20.4. The van der Waals surface area contributed by atoms with Crippen molar-refractivity contribution in [2.45, 2.75) is 19.3 Å². The van der Waals surface area contributed by atoms with Crippen molar-refractivity contribution in [2.75, 3.05) is 0 Å². The Morgan fingerprint density at radius 2 is 1.43 bits per heavy atom. The van der Waals surface area contributed by atoms with Gasteiger partial charge in [-0.2, -0.15) is 0 Å². The van der Waals surface area contributed by atoms with Gasteiger partial charge in [-0.25, -0.2) is 4.98 Å². The van der Waals surface area contributed by atoms with Gasteiger partial charge in [0, 0.05) is 16.2 Å². The second-order valence-corrected chi connectivity index (χ2v) is 11.1. The monoisotopic (exact) mass is 466 g/mol. The Bertz CT molecular complexity index is 1950. The van der Waals surface area contributed by atoms with Crippen LogP contribution < -0.4 is 0 Å². The first-order valence-electron chi connectivity index (χ1n) is 12.1.